The Hall–Kier alpha value is -0.930. The van der Waals surface area contributed by atoms with Crippen LogP contribution in [0.2, 0.25) is 0 Å². The van der Waals surface area contributed by atoms with Gasteiger partial charge in [-0.2, -0.15) is 0 Å². The molecule has 0 radical (unpaired) electrons. The summed E-state index contributed by atoms with van der Waals surface area (Å²) in [4.78, 5) is 0. The molecule has 0 bridgehead atoms. The Morgan fingerprint density at radius 2 is 2.20 bits per heavy atom. The zero-order valence-corrected chi connectivity index (χ0v) is 9.16. The first-order valence-electron chi connectivity index (χ1n) is 5.03. The molecule has 0 saturated heterocycles. The quantitative estimate of drug-likeness (QED) is 0.760. The molecule has 0 aromatic heterocycles. The highest BCUT2D eigenvalue weighted by atomic mass is 19.1. The molecule has 0 spiro atoms. The lowest BCUT2D eigenvalue weighted by Gasteiger charge is -2.23. The molecule has 1 unspecified atom stereocenters. The Kier molecular flexibility index (Phi) is 4.24. The van der Waals surface area contributed by atoms with Gasteiger partial charge in [0, 0.05) is 13.7 Å². The maximum atomic E-state index is 13.0. The predicted octanol–water partition coefficient (Wildman–Crippen LogP) is 2.46. The lowest BCUT2D eigenvalue weighted by molar-refractivity contribution is 0.0370. The molecular formula is C12H17FO2. The largest absolute Gasteiger partial charge is 0.385 e. The molecule has 1 atom stereocenters. The van der Waals surface area contributed by atoms with E-state index in [4.69, 9.17) is 4.74 Å². The second kappa shape index (κ2) is 5.24. The summed E-state index contributed by atoms with van der Waals surface area (Å²) in [5.74, 6) is -0.320. The van der Waals surface area contributed by atoms with Crippen molar-refractivity contribution in [1.29, 1.82) is 0 Å². The summed E-state index contributed by atoms with van der Waals surface area (Å²) in [5, 5.41) is 10.1. The molecule has 0 aliphatic heterocycles. The van der Waals surface area contributed by atoms with Crippen LogP contribution in [0.1, 0.15) is 25.3 Å². The molecule has 1 rings (SSSR count). The van der Waals surface area contributed by atoms with E-state index in [-0.39, 0.29) is 5.82 Å². The van der Waals surface area contributed by atoms with Crippen molar-refractivity contribution in [3.8, 4) is 0 Å². The number of benzene rings is 1. The van der Waals surface area contributed by atoms with E-state index in [9.17, 15) is 9.50 Å². The van der Waals surface area contributed by atoms with Crippen LogP contribution >= 0.6 is 0 Å². The van der Waals surface area contributed by atoms with Crippen molar-refractivity contribution in [2.45, 2.75) is 25.4 Å². The monoisotopic (exact) mass is 212 g/mol. The summed E-state index contributed by atoms with van der Waals surface area (Å²) < 4.78 is 17.9. The number of ether oxygens (including phenoxy) is 1. The maximum absolute atomic E-state index is 13.0. The summed E-state index contributed by atoms with van der Waals surface area (Å²) in [6.07, 6.45) is 1.31. The van der Waals surface area contributed by atoms with E-state index in [1.807, 2.05) is 0 Å². The van der Waals surface area contributed by atoms with Gasteiger partial charge in [0.15, 0.2) is 0 Å². The Morgan fingerprint density at radius 3 is 2.80 bits per heavy atom. The standard InChI is InChI=1S/C12H17FO2/c1-12(14,7-4-8-15-2)10-5-3-6-11(13)9-10/h3,5-6,9,14H,4,7-8H2,1-2H3. The van der Waals surface area contributed by atoms with E-state index in [1.165, 1.54) is 12.1 Å². The van der Waals surface area contributed by atoms with Crippen molar-refractivity contribution < 1.29 is 14.2 Å². The molecule has 1 N–H and O–H groups in total. The zero-order valence-electron chi connectivity index (χ0n) is 9.16. The van der Waals surface area contributed by atoms with Crippen LogP contribution in [-0.2, 0) is 10.3 Å². The van der Waals surface area contributed by atoms with Gasteiger partial charge in [-0.1, -0.05) is 12.1 Å². The van der Waals surface area contributed by atoms with Crippen LogP contribution in [0, 0.1) is 5.82 Å². The van der Waals surface area contributed by atoms with Gasteiger partial charge in [-0.3, -0.25) is 0 Å². The SMILES string of the molecule is COCCCC(C)(O)c1cccc(F)c1. The highest BCUT2D eigenvalue weighted by Crippen LogP contribution is 2.26. The molecule has 84 valence electrons. The number of methoxy groups -OCH3 is 1. The number of aliphatic hydroxyl groups is 1. The number of hydrogen-bond donors (Lipinski definition) is 1. The first-order chi connectivity index (χ1) is 7.06. The van der Waals surface area contributed by atoms with Crippen LogP contribution in [0.5, 0.6) is 0 Å². The topological polar surface area (TPSA) is 29.5 Å². The molecule has 0 fully saturated rings. The first-order valence-corrected chi connectivity index (χ1v) is 5.03. The summed E-state index contributed by atoms with van der Waals surface area (Å²) in [7, 11) is 1.62. The van der Waals surface area contributed by atoms with Crippen LogP contribution in [0.3, 0.4) is 0 Å². The van der Waals surface area contributed by atoms with Gasteiger partial charge in [0.2, 0.25) is 0 Å². The first kappa shape index (κ1) is 12.1. The average molecular weight is 212 g/mol. The fourth-order valence-corrected chi connectivity index (χ4v) is 1.53. The second-order valence-electron chi connectivity index (χ2n) is 3.88. The minimum atomic E-state index is -0.985. The third-order valence-corrected chi connectivity index (χ3v) is 2.46. The molecule has 0 heterocycles. The highest BCUT2D eigenvalue weighted by Gasteiger charge is 2.22. The Labute approximate surface area is 89.7 Å². The van der Waals surface area contributed by atoms with Crippen molar-refractivity contribution in [3.63, 3.8) is 0 Å². The Balaban J connectivity index is 2.67. The van der Waals surface area contributed by atoms with Crippen molar-refractivity contribution in [3.05, 3.63) is 35.6 Å². The van der Waals surface area contributed by atoms with Crippen molar-refractivity contribution in [2.24, 2.45) is 0 Å². The second-order valence-corrected chi connectivity index (χ2v) is 3.88. The van der Waals surface area contributed by atoms with E-state index in [0.29, 0.717) is 18.6 Å². The van der Waals surface area contributed by atoms with Crippen LogP contribution < -0.4 is 0 Å². The van der Waals surface area contributed by atoms with Crippen LogP contribution in [0.15, 0.2) is 24.3 Å². The van der Waals surface area contributed by atoms with Gasteiger partial charge < -0.3 is 9.84 Å². The number of hydrogen-bond acceptors (Lipinski definition) is 2. The van der Waals surface area contributed by atoms with E-state index in [0.717, 1.165) is 6.42 Å². The lowest BCUT2D eigenvalue weighted by Crippen LogP contribution is -2.21. The maximum Gasteiger partial charge on any atom is 0.123 e. The van der Waals surface area contributed by atoms with Crippen LogP contribution in [-0.4, -0.2) is 18.8 Å². The molecule has 0 aliphatic rings. The van der Waals surface area contributed by atoms with Gasteiger partial charge in [-0.25, -0.2) is 4.39 Å². The van der Waals surface area contributed by atoms with E-state index < -0.39 is 5.60 Å². The van der Waals surface area contributed by atoms with E-state index in [1.54, 1.807) is 26.2 Å². The van der Waals surface area contributed by atoms with Crippen molar-refractivity contribution in [1.82, 2.24) is 0 Å². The summed E-state index contributed by atoms with van der Waals surface area (Å²) in [6.45, 7) is 2.29. The predicted molar refractivity (Wildman–Crippen MR) is 57.1 cm³/mol. The van der Waals surface area contributed by atoms with Gasteiger partial charge in [0.1, 0.15) is 5.82 Å². The van der Waals surface area contributed by atoms with Crippen molar-refractivity contribution >= 4 is 0 Å². The molecule has 15 heavy (non-hydrogen) atoms. The van der Waals surface area contributed by atoms with Gasteiger partial charge in [-0.15, -0.1) is 0 Å². The number of halogens is 1. The molecule has 2 nitrogen and oxygen atoms in total. The average Bonchev–Trinajstić information content (AvgIpc) is 2.18. The van der Waals surface area contributed by atoms with Crippen LogP contribution in [0.25, 0.3) is 0 Å². The van der Waals surface area contributed by atoms with E-state index in [2.05, 4.69) is 0 Å². The minimum Gasteiger partial charge on any atom is -0.385 e. The fraction of sp³-hybridized carbons (Fsp3) is 0.500. The Bertz CT molecular complexity index is 310. The molecule has 1 aromatic carbocycles. The minimum absolute atomic E-state index is 0.320. The van der Waals surface area contributed by atoms with Gasteiger partial charge >= 0.3 is 0 Å². The van der Waals surface area contributed by atoms with Gasteiger partial charge in [-0.05, 0) is 37.5 Å². The van der Waals surface area contributed by atoms with Crippen molar-refractivity contribution in [2.75, 3.05) is 13.7 Å². The van der Waals surface area contributed by atoms with E-state index >= 15 is 0 Å². The summed E-state index contributed by atoms with van der Waals surface area (Å²) >= 11 is 0. The molecule has 0 saturated carbocycles. The molecule has 0 amide bonds. The fourth-order valence-electron chi connectivity index (χ4n) is 1.53. The lowest BCUT2D eigenvalue weighted by atomic mass is 9.91. The molecule has 3 heteroatoms. The molecule has 1 aromatic rings. The molecule has 0 aliphatic carbocycles. The number of rotatable bonds is 5. The smallest absolute Gasteiger partial charge is 0.123 e. The third kappa shape index (κ3) is 3.61. The van der Waals surface area contributed by atoms with Crippen LogP contribution in [0.4, 0.5) is 4.39 Å². The molecular weight excluding hydrogens is 195 g/mol. The normalized spacial score (nSPS) is 14.9. The highest BCUT2D eigenvalue weighted by molar-refractivity contribution is 5.22. The summed E-state index contributed by atoms with van der Waals surface area (Å²) in [6, 6.07) is 6.08. The van der Waals surface area contributed by atoms with Gasteiger partial charge in [0.05, 0.1) is 5.60 Å². The third-order valence-electron chi connectivity index (χ3n) is 2.46. The summed E-state index contributed by atoms with van der Waals surface area (Å²) in [5.41, 5.74) is -0.376. The zero-order chi connectivity index (χ0) is 11.3. The van der Waals surface area contributed by atoms with Gasteiger partial charge in [0.25, 0.3) is 0 Å². The Morgan fingerprint density at radius 1 is 1.47 bits per heavy atom.